The van der Waals surface area contributed by atoms with Crippen molar-refractivity contribution in [3.63, 3.8) is 0 Å². The molecule has 0 radical (unpaired) electrons. The summed E-state index contributed by atoms with van der Waals surface area (Å²) in [5, 5.41) is 0.471. The van der Waals surface area contributed by atoms with Crippen LogP contribution in [0.3, 0.4) is 0 Å². The van der Waals surface area contributed by atoms with Crippen molar-refractivity contribution in [2.45, 2.75) is 6.54 Å². The molecule has 3 nitrogen and oxygen atoms in total. The highest BCUT2D eigenvalue weighted by Crippen LogP contribution is 2.18. The molecule has 108 valence electrons. The molecule has 0 saturated heterocycles. The second-order valence-electron chi connectivity index (χ2n) is 4.55. The average Bonchev–Trinajstić information content (AvgIpc) is 2.48. The SMILES string of the molecule is Cl.NCc1cn(-c2ccccc2)c2cc(F)ccc2c1=O. The van der Waals surface area contributed by atoms with E-state index in [9.17, 15) is 9.18 Å². The Bertz CT molecular complexity index is 831. The molecular weight excluding hydrogens is 291 g/mol. The standard InChI is InChI=1S/C16H13FN2O.ClH/c17-12-6-7-14-15(8-12)19(10-11(9-18)16(14)20)13-4-2-1-3-5-13;/h1-8,10H,9,18H2;1H. The molecular formula is C16H14ClFN2O. The predicted octanol–water partition coefficient (Wildman–Crippen LogP) is 3.01. The molecule has 0 aliphatic heterocycles. The summed E-state index contributed by atoms with van der Waals surface area (Å²) >= 11 is 0. The maximum atomic E-state index is 13.5. The molecule has 0 aliphatic carbocycles. The maximum Gasteiger partial charge on any atom is 0.193 e. The second-order valence-corrected chi connectivity index (χ2v) is 4.55. The fourth-order valence-corrected chi connectivity index (χ4v) is 2.30. The van der Waals surface area contributed by atoms with E-state index in [0.29, 0.717) is 16.5 Å². The molecule has 0 aliphatic rings. The number of rotatable bonds is 2. The van der Waals surface area contributed by atoms with Gasteiger partial charge in [-0.1, -0.05) is 18.2 Å². The third-order valence-corrected chi connectivity index (χ3v) is 3.29. The minimum Gasteiger partial charge on any atom is -0.326 e. The number of hydrogen-bond acceptors (Lipinski definition) is 2. The van der Waals surface area contributed by atoms with Crippen LogP contribution in [0.4, 0.5) is 4.39 Å². The number of para-hydroxylation sites is 1. The first-order chi connectivity index (χ1) is 9.70. The minimum atomic E-state index is -0.373. The molecule has 0 spiro atoms. The number of fused-ring (bicyclic) bond motifs is 1. The Morgan fingerprint density at radius 1 is 1.10 bits per heavy atom. The lowest BCUT2D eigenvalue weighted by Gasteiger charge is -2.13. The zero-order valence-corrected chi connectivity index (χ0v) is 11.9. The number of halogens is 2. The molecule has 0 bridgehead atoms. The second kappa shape index (κ2) is 6.08. The number of benzene rings is 2. The summed E-state index contributed by atoms with van der Waals surface area (Å²) in [6.07, 6.45) is 1.68. The van der Waals surface area contributed by atoms with Gasteiger partial charge in [-0.15, -0.1) is 12.4 Å². The van der Waals surface area contributed by atoms with Crippen LogP contribution in [0, 0.1) is 5.82 Å². The summed E-state index contributed by atoms with van der Waals surface area (Å²) in [5.41, 5.74) is 7.39. The molecule has 21 heavy (non-hydrogen) atoms. The first kappa shape index (κ1) is 15.2. The third kappa shape index (κ3) is 2.68. The van der Waals surface area contributed by atoms with Gasteiger partial charge in [0.25, 0.3) is 0 Å². The van der Waals surface area contributed by atoms with E-state index in [1.807, 2.05) is 30.3 Å². The molecule has 2 N–H and O–H groups in total. The van der Waals surface area contributed by atoms with Crippen molar-refractivity contribution in [1.29, 1.82) is 0 Å². The van der Waals surface area contributed by atoms with Crippen molar-refractivity contribution in [1.82, 2.24) is 4.57 Å². The first-order valence-electron chi connectivity index (χ1n) is 6.30. The van der Waals surface area contributed by atoms with E-state index in [4.69, 9.17) is 5.73 Å². The van der Waals surface area contributed by atoms with E-state index in [-0.39, 0.29) is 30.2 Å². The number of nitrogens with two attached hydrogens (primary N) is 1. The van der Waals surface area contributed by atoms with Crippen LogP contribution in [0.5, 0.6) is 0 Å². The highest BCUT2D eigenvalue weighted by Gasteiger charge is 2.10. The molecule has 0 unspecified atom stereocenters. The van der Waals surface area contributed by atoms with Gasteiger partial charge in [0.15, 0.2) is 5.43 Å². The van der Waals surface area contributed by atoms with Crippen LogP contribution in [-0.2, 0) is 6.54 Å². The highest BCUT2D eigenvalue weighted by molar-refractivity contribution is 5.85. The number of aromatic nitrogens is 1. The zero-order valence-electron chi connectivity index (χ0n) is 11.1. The van der Waals surface area contributed by atoms with E-state index in [0.717, 1.165) is 5.69 Å². The van der Waals surface area contributed by atoms with Crippen LogP contribution in [-0.4, -0.2) is 4.57 Å². The third-order valence-electron chi connectivity index (χ3n) is 3.29. The summed E-state index contributed by atoms with van der Waals surface area (Å²) < 4.78 is 15.3. The van der Waals surface area contributed by atoms with Gasteiger partial charge in [-0.25, -0.2) is 4.39 Å². The highest BCUT2D eigenvalue weighted by atomic mass is 35.5. The molecule has 0 amide bonds. The summed E-state index contributed by atoms with van der Waals surface area (Å²) in [6, 6.07) is 13.6. The largest absolute Gasteiger partial charge is 0.326 e. The molecule has 1 heterocycles. The monoisotopic (exact) mass is 304 g/mol. The Morgan fingerprint density at radius 2 is 1.81 bits per heavy atom. The van der Waals surface area contributed by atoms with Gasteiger partial charge >= 0.3 is 0 Å². The van der Waals surface area contributed by atoms with E-state index in [1.165, 1.54) is 18.2 Å². The maximum absolute atomic E-state index is 13.5. The van der Waals surface area contributed by atoms with Crippen LogP contribution >= 0.6 is 12.4 Å². The molecule has 3 rings (SSSR count). The summed E-state index contributed by atoms with van der Waals surface area (Å²) in [7, 11) is 0. The number of pyridine rings is 1. The van der Waals surface area contributed by atoms with Gasteiger partial charge in [0.1, 0.15) is 5.82 Å². The van der Waals surface area contributed by atoms with Crippen molar-refractivity contribution in [2.75, 3.05) is 0 Å². The fourth-order valence-electron chi connectivity index (χ4n) is 2.30. The summed E-state index contributed by atoms with van der Waals surface area (Å²) in [4.78, 5) is 12.2. The van der Waals surface area contributed by atoms with Crippen molar-refractivity contribution in [2.24, 2.45) is 5.73 Å². The number of hydrogen-bond donors (Lipinski definition) is 1. The molecule has 2 aromatic carbocycles. The van der Waals surface area contributed by atoms with Crippen LogP contribution in [0.2, 0.25) is 0 Å². The van der Waals surface area contributed by atoms with Crippen molar-refractivity contribution < 1.29 is 4.39 Å². The Hall–Kier alpha value is -2.17. The summed E-state index contributed by atoms with van der Waals surface area (Å²) in [5.74, 6) is -0.373. The van der Waals surface area contributed by atoms with Gasteiger partial charge in [-0.2, -0.15) is 0 Å². The van der Waals surface area contributed by atoms with Crippen LogP contribution < -0.4 is 11.2 Å². The van der Waals surface area contributed by atoms with Crippen LogP contribution in [0.1, 0.15) is 5.56 Å². The molecule has 5 heteroatoms. The van der Waals surface area contributed by atoms with Gasteiger partial charge in [0.2, 0.25) is 0 Å². The Morgan fingerprint density at radius 3 is 2.48 bits per heavy atom. The van der Waals surface area contributed by atoms with Crippen molar-refractivity contribution in [3.05, 3.63) is 76.3 Å². The average molecular weight is 305 g/mol. The lowest BCUT2D eigenvalue weighted by Crippen LogP contribution is -2.17. The van der Waals surface area contributed by atoms with E-state index in [2.05, 4.69) is 0 Å². The van der Waals surface area contributed by atoms with Gasteiger partial charge in [0, 0.05) is 29.4 Å². The summed E-state index contributed by atoms with van der Waals surface area (Å²) in [6.45, 7) is 0.152. The lowest BCUT2D eigenvalue weighted by atomic mass is 10.1. The molecule has 3 aromatic rings. The fraction of sp³-hybridized carbons (Fsp3) is 0.0625. The smallest absolute Gasteiger partial charge is 0.193 e. The van der Waals surface area contributed by atoms with Crippen molar-refractivity contribution in [3.8, 4) is 5.69 Å². The molecule has 0 saturated carbocycles. The predicted molar refractivity (Wildman–Crippen MR) is 84.6 cm³/mol. The Kier molecular flexibility index (Phi) is 4.40. The molecule has 0 atom stereocenters. The van der Waals surface area contributed by atoms with Crippen LogP contribution in [0.15, 0.2) is 59.5 Å². The van der Waals surface area contributed by atoms with Gasteiger partial charge < -0.3 is 10.3 Å². The van der Waals surface area contributed by atoms with E-state index < -0.39 is 0 Å². The topological polar surface area (TPSA) is 48.0 Å². The Balaban J connectivity index is 0.00000161. The van der Waals surface area contributed by atoms with Crippen LogP contribution in [0.25, 0.3) is 16.6 Å². The normalized spacial score (nSPS) is 10.4. The van der Waals surface area contributed by atoms with E-state index >= 15 is 0 Å². The number of nitrogens with zero attached hydrogens (tertiary/aromatic N) is 1. The molecule has 1 aromatic heterocycles. The lowest BCUT2D eigenvalue weighted by molar-refractivity contribution is 0.629. The Labute approximate surface area is 127 Å². The van der Waals surface area contributed by atoms with Gasteiger partial charge in [-0.05, 0) is 30.3 Å². The van der Waals surface area contributed by atoms with Crippen molar-refractivity contribution >= 4 is 23.3 Å². The quantitative estimate of drug-likeness (QED) is 0.791. The van der Waals surface area contributed by atoms with Gasteiger partial charge in [-0.3, -0.25) is 4.79 Å². The zero-order chi connectivity index (χ0) is 14.1. The first-order valence-corrected chi connectivity index (χ1v) is 6.30. The van der Waals surface area contributed by atoms with E-state index in [1.54, 1.807) is 10.8 Å². The molecule has 0 fully saturated rings. The minimum absolute atomic E-state index is 0. The van der Waals surface area contributed by atoms with Gasteiger partial charge in [0.05, 0.1) is 5.52 Å².